The van der Waals surface area contributed by atoms with Crippen molar-refractivity contribution < 1.29 is 13.9 Å². The smallest absolute Gasteiger partial charge is 0.412 e. The van der Waals surface area contributed by atoms with Crippen molar-refractivity contribution >= 4 is 12.2 Å². The number of carbonyl (C=O) groups excluding carboxylic acids is 1. The fourth-order valence-corrected chi connectivity index (χ4v) is 2.83. The normalized spacial score (nSPS) is 18.9. The highest BCUT2D eigenvalue weighted by molar-refractivity contribution is 5.76. The Morgan fingerprint density at radius 3 is 2.50 bits per heavy atom. The van der Waals surface area contributed by atoms with Gasteiger partial charge in [-0.15, -0.1) is 0 Å². The summed E-state index contributed by atoms with van der Waals surface area (Å²) in [6, 6.07) is 15.7. The maximum Gasteiger partial charge on any atom is 0.415 e. The summed E-state index contributed by atoms with van der Waals surface area (Å²) < 4.78 is 18.6. The van der Waals surface area contributed by atoms with Gasteiger partial charge in [0.05, 0.1) is 0 Å². The van der Waals surface area contributed by atoms with E-state index in [2.05, 4.69) is 6.92 Å². The topological polar surface area (TPSA) is 29.5 Å². The highest BCUT2D eigenvalue weighted by Crippen LogP contribution is 2.37. The number of nitrogens with zero attached hydrogens (tertiary/aromatic N) is 1. The molecular weight excluding hydrogens is 305 g/mol. The van der Waals surface area contributed by atoms with Gasteiger partial charge in [-0.1, -0.05) is 55.8 Å². The maximum atomic E-state index is 13.1. The molecule has 1 heterocycles. The maximum absolute atomic E-state index is 13.1. The standard InChI is InChI=1S/C20H20FNO2/c1-2-3-13-22-19(16-7-5-4-6-8-16)18(24-20(22)23)14-15-9-11-17(21)12-10-15/h4-12,14,19H,2-3,13H2,1H3. The van der Waals surface area contributed by atoms with E-state index >= 15 is 0 Å². The lowest BCUT2D eigenvalue weighted by Crippen LogP contribution is -2.28. The number of hydrogen-bond donors (Lipinski definition) is 0. The van der Waals surface area contributed by atoms with Crippen LogP contribution in [0.3, 0.4) is 0 Å². The summed E-state index contributed by atoms with van der Waals surface area (Å²) in [6.07, 6.45) is 3.40. The summed E-state index contributed by atoms with van der Waals surface area (Å²) in [6.45, 7) is 2.74. The third kappa shape index (κ3) is 3.48. The number of hydrogen-bond acceptors (Lipinski definition) is 2. The van der Waals surface area contributed by atoms with Gasteiger partial charge in [-0.3, -0.25) is 4.90 Å². The molecule has 2 aromatic rings. The molecule has 0 bridgehead atoms. The van der Waals surface area contributed by atoms with Gasteiger partial charge in [-0.05, 0) is 35.8 Å². The lowest BCUT2D eigenvalue weighted by Gasteiger charge is -2.21. The van der Waals surface area contributed by atoms with E-state index in [0.29, 0.717) is 12.3 Å². The minimum atomic E-state index is -0.328. The zero-order valence-electron chi connectivity index (χ0n) is 13.6. The Morgan fingerprint density at radius 1 is 1.12 bits per heavy atom. The second-order valence-electron chi connectivity index (χ2n) is 5.83. The first-order valence-electron chi connectivity index (χ1n) is 8.19. The van der Waals surface area contributed by atoms with E-state index in [4.69, 9.17) is 4.74 Å². The van der Waals surface area contributed by atoms with Gasteiger partial charge < -0.3 is 4.74 Å². The molecule has 1 aliphatic heterocycles. The monoisotopic (exact) mass is 325 g/mol. The molecule has 1 unspecified atom stereocenters. The molecule has 0 spiro atoms. The Bertz CT molecular complexity index is 725. The van der Waals surface area contributed by atoms with Crippen LogP contribution < -0.4 is 0 Å². The van der Waals surface area contributed by atoms with Gasteiger partial charge in [0.2, 0.25) is 0 Å². The summed E-state index contributed by atoms with van der Waals surface area (Å²) in [5.41, 5.74) is 1.81. The first-order valence-corrected chi connectivity index (χ1v) is 8.19. The third-order valence-corrected chi connectivity index (χ3v) is 4.07. The zero-order valence-corrected chi connectivity index (χ0v) is 13.6. The van der Waals surface area contributed by atoms with Crippen LogP contribution in [0, 0.1) is 5.82 Å². The molecule has 1 aliphatic rings. The van der Waals surface area contributed by atoms with E-state index in [0.717, 1.165) is 24.0 Å². The number of unbranched alkanes of at least 4 members (excludes halogenated alkanes) is 1. The summed E-state index contributed by atoms with van der Waals surface area (Å²) in [7, 11) is 0. The third-order valence-electron chi connectivity index (χ3n) is 4.07. The summed E-state index contributed by atoms with van der Waals surface area (Å²) in [5.74, 6) is 0.290. The minimum absolute atomic E-state index is 0.240. The van der Waals surface area contributed by atoms with Crippen molar-refractivity contribution in [2.45, 2.75) is 25.8 Å². The van der Waals surface area contributed by atoms with Crippen LogP contribution in [0.2, 0.25) is 0 Å². The molecule has 3 rings (SSSR count). The van der Waals surface area contributed by atoms with Gasteiger partial charge in [0, 0.05) is 6.54 Å². The number of cyclic esters (lactones) is 1. The Labute approximate surface area is 141 Å². The van der Waals surface area contributed by atoms with E-state index in [1.807, 2.05) is 30.3 Å². The first-order chi connectivity index (χ1) is 11.7. The van der Waals surface area contributed by atoms with Crippen LogP contribution in [0.5, 0.6) is 0 Å². The van der Waals surface area contributed by atoms with Gasteiger partial charge in [-0.25, -0.2) is 9.18 Å². The molecule has 1 saturated heterocycles. The average molecular weight is 325 g/mol. The van der Waals surface area contributed by atoms with E-state index < -0.39 is 0 Å². The Balaban J connectivity index is 1.97. The van der Waals surface area contributed by atoms with Crippen LogP contribution in [0.15, 0.2) is 60.4 Å². The van der Waals surface area contributed by atoms with Crippen molar-refractivity contribution in [3.8, 4) is 0 Å². The molecule has 1 amide bonds. The van der Waals surface area contributed by atoms with Crippen molar-refractivity contribution in [2.75, 3.05) is 6.54 Å². The van der Waals surface area contributed by atoms with E-state index in [1.165, 1.54) is 12.1 Å². The molecule has 2 aromatic carbocycles. The Kier molecular flexibility index (Phi) is 4.94. The second-order valence-corrected chi connectivity index (χ2v) is 5.83. The number of ether oxygens (including phenoxy) is 1. The molecule has 4 heteroatoms. The summed E-state index contributed by atoms with van der Waals surface area (Å²) in [4.78, 5) is 14.1. The molecule has 0 N–H and O–H groups in total. The fourth-order valence-electron chi connectivity index (χ4n) is 2.83. The lowest BCUT2D eigenvalue weighted by molar-refractivity contribution is 0.164. The van der Waals surface area contributed by atoms with Gasteiger partial charge in [-0.2, -0.15) is 0 Å². The fraction of sp³-hybridized carbons (Fsp3) is 0.250. The summed E-state index contributed by atoms with van der Waals surface area (Å²) in [5, 5.41) is 0. The largest absolute Gasteiger partial charge is 0.415 e. The highest BCUT2D eigenvalue weighted by atomic mass is 19.1. The zero-order chi connectivity index (χ0) is 16.9. The molecular formula is C20H20FNO2. The molecule has 124 valence electrons. The Morgan fingerprint density at radius 2 is 1.83 bits per heavy atom. The van der Waals surface area contributed by atoms with Gasteiger partial charge in [0.1, 0.15) is 17.6 Å². The minimum Gasteiger partial charge on any atom is -0.412 e. The van der Waals surface area contributed by atoms with Crippen LogP contribution in [0.4, 0.5) is 9.18 Å². The van der Waals surface area contributed by atoms with Crippen LogP contribution in [-0.4, -0.2) is 17.5 Å². The molecule has 0 saturated carbocycles. The SMILES string of the molecule is CCCCN1C(=O)OC(=Cc2ccc(F)cc2)C1c1ccccc1. The number of carbonyl (C=O) groups is 1. The molecule has 1 atom stereocenters. The molecule has 24 heavy (non-hydrogen) atoms. The number of rotatable bonds is 5. The molecule has 3 nitrogen and oxygen atoms in total. The van der Waals surface area contributed by atoms with Crippen molar-refractivity contribution in [1.29, 1.82) is 0 Å². The van der Waals surface area contributed by atoms with Gasteiger partial charge in [0.15, 0.2) is 0 Å². The molecule has 0 aromatic heterocycles. The molecule has 0 aliphatic carbocycles. The van der Waals surface area contributed by atoms with Crippen molar-refractivity contribution in [1.82, 2.24) is 4.90 Å². The number of benzene rings is 2. The Hall–Kier alpha value is -2.62. The second kappa shape index (κ2) is 7.30. The van der Waals surface area contributed by atoms with Crippen molar-refractivity contribution in [3.05, 3.63) is 77.3 Å². The van der Waals surface area contributed by atoms with Crippen molar-refractivity contribution in [3.63, 3.8) is 0 Å². The van der Waals surface area contributed by atoms with Gasteiger partial charge in [0.25, 0.3) is 0 Å². The number of halogens is 1. The average Bonchev–Trinajstić information content (AvgIpc) is 2.91. The molecule has 1 fully saturated rings. The van der Waals surface area contributed by atoms with E-state index in [-0.39, 0.29) is 18.0 Å². The predicted octanol–water partition coefficient (Wildman–Crippen LogP) is 5.16. The van der Waals surface area contributed by atoms with Crippen LogP contribution in [0.25, 0.3) is 6.08 Å². The molecule has 0 radical (unpaired) electrons. The predicted molar refractivity (Wildman–Crippen MR) is 91.7 cm³/mol. The van der Waals surface area contributed by atoms with Crippen LogP contribution in [-0.2, 0) is 4.74 Å². The first kappa shape index (κ1) is 16.2. The van der Waals surface area contributed by atoms with Gasteiger partial charge >= 0.3 is 6.09 Å². The number of amides is 1. The van der Waals surface area contributed by atoms with Crippen LogP contribution >= 0.6 is 0 Å². The summed E-state index contributed by atoms with van der Waals surface area (Å²) >= 11 is 0. The quantitative estimate of drug-likeness (QED) is 0.760. The van der Waals surface area contributed by atoms with E-state index in [1.54, 1.807) is 23.1 Å². The highest BCUT2D eigenvalue weighted by Gasteiger charge is 2.38. The van der Waals surface area contributed by atoms with E-state index in [9.17, 15) is 9.18 Å². The lowest BCUT2D eigenvalue weighted by atomic mass is 10.0. The van der Waals surface area contributed by atoms with Crippen LogP contribution in [0.1, 0.15) is 36.9 Å². The van der Waals surface area contributed by atoms with Crippen molar-refractivity contribution in [2.24, 2.45) is 0 Å².